The van der Waals surface area contributed by atoms with Crippen molar-refractivity contribution in [2.45, 2.75) is 6.92 Å². The van der Waals surface area contributed by atoms with Gasteiger partial charge >= 0.3 is 11.8 Å². The van der Waals surface area contributed by atoms with Gasteiger partial charge in [-0.2, -0.15) is 4.68 Å². The van der Waals surface area contributed by atoms with Crippen molar-refractivity contribution in [3.63, 3.8) is 0 Å². The van der Waals surface area contributed by atoms with Crippen LogP contribution in [0.4, 0.5) is 11.5 Å². The standard InChI is InChI=1S/C14H14N4O5/c1-3-23-14(20)9-4-6-10(7-5-9)15-13(19)11-8-12(18(21)22)16-17(11)2/h4-8H,3H2,1-2H3,(H,15,19). The van der Waals surface area contributed by atoms with Crippen molar-refractivity contribution in [1.82, 2.24) is 9.78 Å². The molecule has 1 aromatic carbocycles. The number of esters is 1. The molecule has 0 unspecified atom stereocenters. The Balaban J connectivity index is 2.11. The summed E-state index contributed by atoms with van der Waals surface area (Å²) in [7, 11) is 1.44. The molecule has 0 saturated carbocycles. The number of hydrogen-bond donors (Lipinski definition) is 1. The lowest BCUT2D eigenvalue weighted by molar-refractivity contribution is -0.389. The van der Waals surface area contributed by atoms with E-state index in [1.807, 2.05) is 0 Å². The summed E-state index contributed by atoms with van der Waals surface area (Å²) in [6, 6.07) is 7.19. The van der Waals surface area contributed by atoms with Crippen LogP contribution < -0.4 is 5.32 Å². The van der Waals surface area contributed by atoms with Crippen molar-refractivity contribution >= 4 is 23.4 Å². The Morgan fingerprint density at radius 3 is 2.52 bits per heavy atom. The first-order valence-electron chi connectivity index (χ1n) is 6.69. The Labute approximate surface area is 131 Å². The third-order valence-electron chi connectivity index (χ3n) is 2.94. The molecule has 9 nitrogen and oxygen atoms in total. The molecule has 9 heteroatoms. The second-order valence-corrected chi connectivity index (χ2v) is 4.52. The van der Waals surface area contributed by atoms with E-state index >= 15 is 0 Å². The fourth-order valence-electron chi connectivity index (χ4n) is 1.85. The zero-order chi connectivity index (χ0) is 17.0. The number of nitro groups is 1. The van der Waals surface area contributed by atoms with Gasteiger partial charge in [0.25, 0.3) is 5.91 Å². The zero-order valence-electron chi connectivity index (χ0n) is 12.5. The summed E-state index contributed by atoms with van der Waals surface area (Å²) in [5.74, 6) is -1.40. The lowest BCUT2D eigenvalue weighted by Gasteiger charge is -2.05. The largest absolute Gasteiger partial charge is 0.462 e. The second-order valence-electron chi connectivity index (χ2n) is 4.52. The van der Waals surface area contributed by atoms with E-state index in [0.717, 1.165) is 10.7 Å². The maximum Gasteiger partial charge on any atom is 0.390 e. The lowest BCUT2D eigenvalue weighted by atomic mass is 10.2. The van der Waals surface area contributed by atoms with E-state index in [-0.39, 0.29) is 12.3 Å². The fourth-order valence-corrected chi connectivity index (χ4v) is 1.85. The Kier molecular flexibility index (Phi) is 4.69. The molecular formula is C14H14N4O5. The highest BCUT2D eigenvalue weighted by Crippen LogP contribution is 2.15. The highest BCUT2D eigenvalue weighted by atomic mass is 16.6. The molecule has 0 saturated heterocycles. The van der Waals surface area contributed by atoms with Crippen LogP contribution in [-0.2, 0) is 11.8 Å². The highest BCUT2D eigenvalue weighted by Gasteiger charge is 2.21. The summed E-state index contributed by atoms with van der Waals surface area (Å²) in [5.41, 5.74) is 0.846. The Morgan fingerprint density at radius 2 is 2.00 bits per heavy atom. The quantitative estimate of drug-likeness (QED) is 0.510. The number of anilines is 1. The lowest BCUT2D eigenvalue weighted by Crippen LogP contribution is -2.16. The zero-order valence-corrected chi connectivity index (χ0v) is 12.5. The fraction of sp³-hybridized carbons (Fsp3) is 0.214. The van der Waals surface area contributed by atoms with Gasteiger partial charge < -0.3 is 20.2 Å². The molecule has 0 atom stereocenters. The molecular weight excluding hydrogens is 304 g/mol. The van der Waals surface area contributed by atoms with Crippen molar-refractivity contribution in [2.24, 2.45) is 7.05 Å². The Bertz CT molecular complexity index is 751. The van der Waals surface area contributed by atoms with Crippen LogP contribution in [0.5, 0.6) is 0 Å². The van der Waals surface area contributed by atoms with Crippen LogP contribution in [-0.4, -0.2) is 33.2 Å². The van der Waals surface area contributed by atoms with Crippen molar-refractivity contribution in [3.05, 3.63) is 51.7 Å². The number of amides is 1. The molecule has 1 aromatic heterocycles. The van der Waals surface area contributed by atoms with Crippen LogP contribution in [0, 0.1) is 10.1 Å². The highest BCUT2D eigenvalue weighted by molar-refractivity contribution is 6.03. The van der Waals surface area contributed by atoms with Gasteiger partial charge in [0, 0.05) is 5.69 Å². The predicted octanol–water partition coefficient (Wildman–Crippen LogP) is 1.76. The van der Waals surface area contributed by atoms with Crippen LogP contribution in [0.1, 0.15) is 27.8 Å². The molecule has 0 aliphatic rings. The van der Waals surface area contributed by atoms with E-state index in [9.17, 15) is 19.7 Å². The van der Waals surface area contributed by atoms with Gasteiger partial charge in [0.05, 0.1) is 30.4 Å². The first-order valence-corrected chi connectivity index (χ1v) is 6.69. The van der Waals surface area contributed by atoms with Crippen molar-refractivity contribution < 1.29 is 19.2 Å². The van der Waals surface area contributed by atoms with Crippen LogP contribution >= 0.6 is 0 Å². The third-order valence-corrected chi connectivity index (χ3v) is 2.94. The number of aromatic nitrogens is 2. The molecule has 1 amide bonds. The Morgan fingerprint density at radius 1 is 1.35 bits per heavy atom. The van der Waals surface area contributed by atoms with Gasteiger partial charge in [0.15, 0.2) is 5.69 Å². The molecule has 0 aliphatic heterocycles. The average molecular weight is 318 g/mol. The number of nitrogens with one attached hydrogen (secondary N) is 1. The minimum Gasteiger partial charge on any atom is -0.462 e. The van der Waals surface area contributed by atoms with E-state index in [0.29, 0.717) is 11.3 Å². The summed E-state index contributed by atoms with van der Waals surface area (Å²) < 4.78 is 5.98. The molecule has 23 heavy (non-hydrogen) atoms. The van der Waals surface area contributed by atoms with Crippen LogP contribution in [0.25, 0.3) is 0 Å². The van der Waals surface area contributed by atoms with Gasteiger partial charge in [-0.15, -0.1) is 0 Å². The van der Waals surface area contributed by atoms with Gasteiger partial charge in [-0.05, 0) is 36.1 Å². The normalized spacial score (nSPS) is 10.2. The van der Waals surface area contributed by atoms with Gasteiger partial charge in [0.2, 0.25) is 0 Å². The minimum absolute atomic E-state index is 0.0474. The number of nitrogens with zero attached hydrogens (tertiary/aromatic N) is 3. The summed E-state index contributed by atoms with van der Waals surface area (Å²) >= 11 is 0. The van der Waals surface area contributed by atoms with Gasteiger partial charge in [0.1, 0.15) is 0 Å². The van der Waals surface area contributed by atoms with Crippen LogP contribution in [0.2, 0.25) is 0 Å². The maximum absolute atomic E-state index is 12.1. The molecule has 120 valence electrons. The van der Waals surface area contributed by atoms with Crippen LogP contribution in [0.3, 0.4) is 0 Å². The van der Waals surface area contributed by atoms with Crippen LogP contribution in [0.15, 0.2) is 30.3 Å². The average Bonchev–Trinajstić information content (AvgIpc) is 2.90. The molecule has 0 radical (unpaired) electrons. The number of aryl methyl sites for hydroxylation is 1. The van der Waals surface area contributed by atoms with Crippen molar-refractivity contribution in [2.75, 3.05) is 11.9 Å². The van der Waals surface area contributed by atoms with Crippen molar-refractivity contribution in [1.29, 1.82) is 0 Å². The number of ether oxygens (including phenoxy) is 1. The summed E-state index contributed by atoms with van der Waals surface area (Å²) in [5, 5.41) is 16.9. The monoisotopic (exact) mass is 318 g/mol. The predicted molar refractivity (Wildman–Crippen MR) is 80.2 cm³/mol. The van der Waals surface area contributed by atoms with Crippen molar-refractivity contribution in [3.8, 4) is 0 Å². The summed E-state index contributed by atoms with van der Waals surface area (Å²) in [6.07, 6.45) is 0. The second kappa shape index (κ2) is 6.69. The maximum atomic E-state index is 12.1. The van der Waals surface area contributed by atoms with Gasteiger partial charge in [-0.3, -0.25) is 4.79 Å². The number of hydrogen-bond acceptors (Lipinski definition) is 6. The summed E-state index contributed by atoms with van der Waals surface area (Å²) in [6.45, 7) is 1.98. The van der Waals surface area contributed by atoms with E-state index in [4.69, 9.17) is 4.74 Å². The molecule has 2 rings (SSSR count). The van der Waals surface area contributed by atoms with E-state index in [1.165, 1.54) is 31.3 Å². The molecule has 1 N–H and O–H groups in total. The number of rotatable bonds is 5. The smallest absolute Gasteiger partial charge is 0.390 e. The Hall–Kier alpha value is -3.23. The topological polar surface area (TPSA) is 116 Å². The molecule has 1 heterocycles. The number of benzene rings is 1. The molecule has 2 aromatic rings. The molecule has 0 bridgehead atoms. The minimum atomic E-state index is -0.676. The molecule has 0 spiro atoms. The first-order chi connectivity index (χ1) is 10.9. The van der Waals surface area contributed by atoms with E-state index in [1.54, 1.807) is 6.92 Å². The van der Waals surface area contributed by atoms with E-state index < -0.39 is 22.6 Å². The third kappa shape index (κ3) is 3.70. The van der Waals surface area contributed by atoms with E-state index in [2.05, 4.69) is 10.4 Å². The van der Waals surface area contributed by atoms with Gasteiger partial charge in [-0.25, -0.2) is 4.79 Å². The molecule has 0 aliphatic carbocycles. The van der Waals surface area contributed by atoms with Gasteiger partial charge in [-0.1, -0.05) is 0 Å². The number of carbonyl (C=O) groups is 2. The summed E-state index contributed by atoms with van der Waals surface area (Å²) in [4.78, 5) is 33.6. The number of carbonyl (C=O) groups excluding carboxylic acids is 2. The SMILES string of the molecule is CCOC(=O)c1ccc(NC(=O)c2cc([N+](=O)[O-])nn2C)cc1. The first kappa shape index (κ1) is 16.1. The molecule has 0 fully saturated rings.